The summed E-state index contributed by atoms with van der Waals surface area (Å²) in [5, 5.41) is 7.57. The van der Waals surface area contributed by atoms with Gasteiger partial charge in [-0.2, -0.15) is 5.10 Å². The Labute approximate surface area is 134 Å². The summed E-state index contributed by atoms with van der Waals surface area (Å²) in [6, 6.07) is 10.8. The van der Waals surface area contributed by atoms with Crippen LogP contribution in [-0.4, -0.2) is 28.3 Å². The van der Waals surface area contributed by atoms with Crippen LogP contribution in [0.5, 0.6) is 0 Å². The van der Waals surface area contributed by atoms with Gasteiger partial charge in [-0.05, 0) is 24.1 Å². The first-order valence-electron chi connectivity index (χ1n) is 7.69. The van der Waals surface area contributed by atoms with E-state index < -0.39 is 0 Å². The van der Waals surface area contributed by atoms with Crippen molar-refractivity contribution in [2.75, 3.05) is 16.8 Å². The number of carbonyl (C=O) groups excluding carboxylic acids is 1. The Morgan fingerprint density at radius 2 is 2.00 bits per heavy atom. The number of aromatic nitrogens is 2. The molecule has 1 aromatic heterocycles. The highest BCUT2D eigenvalue weighted by Crippen LogP contribution is 2.32. The predicted octanol–water partition coefficient (Wildman–Crippen LogP) is 1.88. The molecule has 2 aromatic rings. The smallest absolute Gasteiger partial charge is 0.278 e. The maximum Gasteiger partial charge on any atom is 0.278 e. The summed E-state index contributed by atoms with van der Waals surface area (Å²) in [6.45, 7) is 4.81. The van der Waals surface area contributed by atoms with Gasteiger partial charge >= 0.3 is 0 Å². The van der Waals surface area contributed by atoms with Crippen molar-refractivity contribution < 1.29 is 4.79 Å². The average Bonchev–Trinajstić information content (AvgIpc) is 2.55. The van der Waals surface area contributed by atoms with Crippen LogP contribution in [0.1, 0.15) is 24.3 Å². The molecule has 2 heterocycles. The summed E-state index contributed by atoms with van der Waals surface area (Å²) in [4.78, 5) is 26.1. The van der Waals surface area contributed by atoms with E-state index in [-0.39, 0.29) is 23.2 Å². The molecule has 1 aromatic carbocycles. The molecule has 3 rings (SSSR count). The Bertz CT molecular complexity index is 797. The van der Waals surface area contributed by atoms with Crippen molar-refractivity contribution in [1.82, 2.24) is 9.78 Å². The van der Waals surface area contributed by atoms with Crippen LogP contribution in [0.3, 0.4) is 0 Å². The minimum Gasteiger partial charge on any atom is -0.379 e. The SMILES string of the molecule is CC(C)[C@H]1CN(C(=O)c2ccc(=O)n(C)n2)c2ccccc2N1. The lowest BCUT2D eigenvalue weighted by Gasteiger charge is -2.37. The second kappa shape index (κ2) is 5.87. The number of amides is 1. The Kier molecular flexibility index (Phi) is 3.90. The van der Waals surface area contributed by atoms with Crippen molar-refractivity contribution in [3.63, 3.8) is 0 Å². The normalized spacial score (nSPS) is 16.9. The molecule has 120 valence electrons. The van der Waals surface area contributed by atoms with E-state index in [9.17, 15) is 9.59 Å². The number of anilines is 2. The van der Waals surface area contributed by atoms with E-state index in [1.54, 1.807) is 11.9 Å². The van der Waals surface area contributed by atoms with Gasteiger partial charge in [0.15, 0.2) is 0 Å². The monoisotopic (exact) mass is 312 g/mol. The van der Waals surface area contributed by atoms with Gasteiger partial charge in [0.2, 0.25) is 0 Å². The molecule has 1 N–H and O–H groups in total. The summed E-state index contributed by atoms with van der Waals surface area (Å²) >= 11 is 0. The summed E-state index contributed by atoms with van der Waals surface area (Å²) in [7, 11) is 1.54. The minimum atomic E-state index is -0.234. The first-order valence-corrected chi connectivity index (χ1v) is 7.69. The van der Waals surface area contributed by atoms with E-state index >= 15 is 0 Å². The molecular weight excluding hydrogens is 292 g/mol. The maximum atomic E-state index is 12.9. The number of benzene rings is 1. The molecule has 0 saturated carbocycles. The molecule has 0 saturated heterocycles. The Hall–Kier alpha value is -2.63. The molecule has 0 bridgehead atoms. The third kappa shape index (κ3) is 2.84. The third-order valence-electron chi connectivity index (χ3n) is 4.14. The van der Waals surface area contributed by atoms with E-state index in [1.165, 1.54) is 16.8 Å². The zero-order valence-electron chi connectivity index (χ0n) is 13.5. The second-order valence-electron chi connectivity index (χ2n) is 6.11. The lowest BCUT2D eigenvalue weighted by molar-refractivity contribution is 0.0976. The molecule has 23 heavy (non-hydrogen) atoms. The topological polar surface area (TPSA) is 67.2 Å². The van der Waals surface area contributed by atoms with E-state index in [2.05, 4.69) is 24.3 Å². The largest absolute Gasteiger partial charge is 0.379 e. The zero-order chi connectivity index (χ0) is 16.6. The van der Waals surface area contributed by atoms with Gasteiger partial charge in [0, 0.05) is 25.7 Å². The fraction of sp³-hybridized carbons (Fsp3) is 0.353. The van der Waals surface area contributed by atoms with Gasteiger partial charge in [-0.1, -0.05) is 26.0 Å². The van der Waals surface area contributed by atoms with E-state index in [0.717, 1.165) is 11.4 Å². The molecule has 6 heteroatoms. The van der Waals surface area contributed by atoms with Crippen LogP contribution < -0.4 is 15.8 Å². The first-order chi connectivity index (χ1) is 11.0. The fourth-order valence-electron chi connectivity index (χ4n) is 2.70. The van der Waals surface area contributed by atoms with Crippen LogP contribution in [0.4, 0.5) is 11.4 Å². The number of carbonyl (C=O) groups is 1. The number of para-hydroxylation sites is 2. The van der Waals surface area contributed by atoms with Crippen LogP contribution in [0, 0.1) is 5.92 Å². The van der Waals surface area contributed by atoms with Gasteiger partial charge in [-0.15, -0.1) is 0 Å². The van der Waals surface area contributed by atoms with Gasteiger partial charge in [0.1, 0.15) is 5.69 Å². The summed E-state index contributed by atoms with van der Waals surface area (Å²) in [6.07, 6.45) is 0. The highest BCUT2D eigenvalue weighted by Gasteiger charge is 2.30. The molecule has 1 aliphatic rings. The summed E-state index contributed by atoms with van der Waals surface area (Å²) < 4.78 is 1.18. The summed E-state index contributed by atoms with van der Waals surface area (Å²) in [5.74, 6) is 0.187. The molecule has 0 unspecified atom stereocenters. The van der Waals surface area contributed by atoms with Gasteiger partial charge in [-0.25, -0.2) is 4.68 Å². The van der Waals surface area contributed by atoms with Gasteiger partial charge < -0.3 is 10.2 Å². The van der Waals surface area contributed by atoms with E-state index in [4.69, 9.17) is 0 Å². The molecule has 0 spiro atoms. The van der Waals surface area contributed by atoms with Crippen molar-refractivity contribution in [3.8, 4) is 0 Å². The molecule has 6 nitrogen and oxygen atoms in total. The van der Waals surface area contributed by atoms with Crippen LogP contribution >= 0.6 is 0 Å². The quantitative estimate of drug-likeness (QED) is 0.919. The lowest BCUT2D eigenvalue weighted by Crippen LogP contribution is -2.47. The number of nitrogens with one attached hydrogen (secondary N) is 1. The minimum absolute atomic E-state index is 0.168. The number of nitrogens with zero attached hydrogens (tertiary/aromatic N) is 3. The van der Waals surface area contributed by atoms with E-state index in [1.807, 2.05) is 24.3 Å². The third-order valence-corrected chi connectivity index (χ3v) is 4.14. The van der Waals surface area contributed by atoms with Crippen LogP contribution in [0.15, 0.2) is 41.2 Å². The standard InChI is InChI=1S/C17H20N4O2/c1-11(2)14-10-21(15-7-5-4-6-12(15)18-14)17(23)13-8-9-16(22)20(3)19-13/h4-9,11,14,18H,10H2,1-3H3/t14-/m1/s1. The van der Waals surface area contributed by atoms with Crippen molar-refractivity contribution >= 4 is 17.3 Å². The first kappa shape index (κ1) is 15.3. The predicted molar refractivity (Wildman–Crippen MR) is 89.8 cm³/mol. The molecular formula is C17H20N4O2. The van der Waals surface area contributed by atoms with Crippen molar-refractivity contribution in [2.24, 2.45) is 13.0 Å². The van der Waals surface area contributed by atoms with Crippen LogP contribution in [-0.2, 0) is 7.05 Å². The Morgan fingerprint density at radius 3 is 2.70 bits per heavy atom. The highest BCUT2D eigenvalue weighted by atomic mass is 16.2. The Morgan fingerprint density at radius 1 is 1.26 bits per heavy atom. The number of rotatable bonds is 2. The number of hydrogen-bond donors (Lipinski definition) is 1. The van der Waals surface area contributed by atoms with Crippen LogP contribution in [0.25, 0.3) is 0 Å². The molecule has 0 radical (unpaired) electrons. The summed E-state index contributed by atoms with van der Waals surface area (Å²) in [5.41, 5.74) is 1.81. The number of fused-ring (bicyclic) bond motifs is 1. The number of aryl methyl sites for hydroxylation is 1. The Balaban J connectivity index is 2.01. The highest BCUT2D eigenvalue weighted by molar-refractivity contribution is 6.07. The van der Waals surface area contributed by atoms with Gasteiger partial charge in [0.05, 0.1) is 11.4 Å². The average molecular weight is 312 g/mol. The van der Waals surface area contributed by atoms with Crippen molar-refractivity contribution in [1.29, 1.82) is 0 Å². The molecule has 0 fully saturated rings. The molecule has 0 aliphatic carbocycles. The second-order valence-corrected chi connectivity index (χ2v) is 6.11. The zero-order valence-corrected chi connectivity index (χ0v) is 13.5. The van der Waals surface area contributed by atoms with Gasteiger partial charge in [-0.3, -0.25) is 9.59 Å². The fourth-order valence-corrected chi connectivity index (χ4v) is 2.70. The van der Waals surface area contributed by atoms with Crippen molar-refractivity contribution in [3.05, 3.63) is 52.4 Å². The molecule has 1 amide bonds. The van der Waals surface area contributed by atoms with Crippen molar-refractivity contribution in [2.45, 2.75) is 19.9 Å². The molecule has 1 atom stereocenters. The lowest BCUT2D eigenvalue weighted by atomic mass is 9.99. The number of hydrogen-bond acceptors (Lipinski definition) is 4. The van der Waals surface area contributed by atoms with Gasteiger partial charge in [0.25, 0.3) is 11.5 Å². The van der Waals surface area contributed by atoms with E-state index in [0.29, 0.717) is 12.5 Å². The van der Waals surface area contributed by atoms with Crippen LogP contribution in [0.2, 0.25) is 0 Å². The maximum absolute atomic E-state index is 12.9. The molecule has 1 aliphatic heterocycles.